The number of carbonyl (C=O) groups is 1. The maximum Gasteiger partial charge on any atom is 0.349 e. The first kappa shape index (κ1) is 25.2. The van der Waals surface area contributed by atoms with E-state index in [-0.39, 0.29) is 17.8 Å². The fourth-order valence-corrected chi connectivity index (χ4v) is 6.33. The maximum absolute atomic E-state index is 13.3. The predicted molar refractivity (Wildman–Crippen MR) is 131 cm³/mol. The van der Waals surface area contributed by atoms with Gasteiger partial charge in [0.2, 0.25) is 0 Å². The van der Waals surface area contributed by atoms with Crippen molar-refractivity contribution in [2.75, 3.05) is 0 Å². The van der Waals surface area contributed by atoms with Crippen molar-refractivity contribution >= 4 is 17.7 Å². The SMILES string of the molecule is Cc1cc(SC2=C(O)CC(CCC(C)C)(C3CCCC3)OC2=O)c(C(C)(C)C)cc1CO. The molecule has 0 bridgehead atoms. The van der Waals surface area contributed by atoms with Crippen molar-refractivity contribution in [3.63, 3.8) is 0 Å². The standard InChI is InChI=1S/C27H40O4S/c1-17(2)11-12-27(20-9-7-8-10-20)15-22(29)24(25(30)31-27)32-23-13-18(3)19(16-28)14-21(23)26(4,5)6/h13-14,17,20,28-29H,7-12,15-16H2,1-6H3. The third kappa shape index (κ3) is 5.36. The molecule has 2 N–H and O–H groups in total. The first-order chi connectivity index (χ1) is 15.0. The quantitative estimate of drug-likeness (QED) is 0.431. The van der Waals surface area contributed by atoms with Gasteiger partial charge in [0.1, 0.15) is 16.3 Å². The van der Waals surface area contributed by atoms with E-state index in [0.717, 1.165) is 47.3 Å². The summed E-state index contributed by atoms with van der Waals surface area (Å²) in [6.07, 6.45) is 6.67. The van der Waals surface area contributed by atoms with Crippen LogP contribution in [0.2, 0.25) is 0 Å². The normalized spacial score (nSPS) is 22.7. The number of benzene rings is 1. The van der Waals surface area contributed by atoms with Crippen LogP contribution in [0, 0.1) is 18.8 Å². The average molecular weight is 461 g/mol. The number of cyclic esters (lactones) is 1. The van der Waals surface area contributed by atoms with Gasteiger partial charge in [0, 0.05) is 11.3 Å². The number of thioether (sulfide) groups is 1. The van der Waals surface area contributed by atoms with Crippen LogP contribution in [-0.2, 0) is 21.6 Å². The van der Waals surface area contributed by atoms with Crippen molar-refractivity contribution < 1.29 is 19.7 Å². The summed E-state index contributed by atoms with van der Waals surface area (Å²) in [5.74, 6) is 0.634. The minimum atomic E-state index is -0.574. The highest BCUT2D eigenvalue weighted by Crippen LogP contribution is 2.49. The fraction of sp³-hybridized carbons (Fsp3) is 0.667. The van der Waals surface area contributed by atoms with Crippen LogP contribution in [0.15, 0.2) is 27.7 Å². The molecule has 1 aliphatic carbocycles. The van der Waals surface area contributed by atoms with Crippen LogP contribution < -0.4 is 0 Å². The van der Waals surface area contributed by atoms with Gasteiger partial charge in [0.05, 0.1) is 6.61 Å². The Bertz CT molecular complexity index is 874. The molecule has 0 radical (unpaired) electrons. The van der Waals surface area contributed by atoms with E-state index in [1.54, 1.807) is 0 Å². The summed E-state index contributed by atoms with van der Waals surface area (Å²) in [5.41, 5.74) is 2.18. The third-order valence-corrected chi connectivity index (χ3v) is 8.25. The molecule has 1 saturated carbocycles. The summed E-state index contributed by atoms with van der Waals surface area (Å²) < 4.78 is 6.25. The molecule has 1 fully saturated rings. The molecule has 1 aromatic carbocycles. The number of esters is 1. The Morgan fingerprint density at radius 2 is 1.88 bits per heavy atom. The van der Waals surface area contributed by atoms with E-state index in [4.69, 9.17) is 4.74 Å². The van der Waals surface area contributed by atoms with E-state index >= 15 is 0 Å². The lowest BCUT2D eigenvalue weighted by molar-refractivity contribution is -0.166. The molecule has 3 rings (SSSR count). The van der Waals surface area contributed by atoms with Crippen molar-refractivity contribution in [2.45, 2.75) is 109 Å². The molecule has 0 aromatic heterocycles. The van der Waals surface area contributed by atoms with Crippen molar-refractivity contribution in [1.29, 1.82) is 0 Å². The highest BCUT2D eigenvalue weighted by Gasteiger charge is 2.48. The lowest BCUT2D eigenvalue weighted by Gasteiger charge is -2.42. The second-order valence-corrected chi connectivity index (χ2v) is 12.2. The second kappa shape index (κ2) is 9.80. The number of carbonyl (C=O) groups excluding carboxylic acids is 1. The molecule has 1 aromatic rings. The van der Waals surface area contributed by atoms with Gasteiger partial charge in [-0.15, -0.1) is 0 Å². The molecule has 0 saturated heterocycles. The zero-order valence-corrected chi connectivity index (χ0v) is 21.4. The van der Waals surface area contributed by atoms with Crippen molar-refractivity contribution in [1.82, 2.24) is 0 Å². The molecule has 1 aliphatic heterocycles. The molecule has 1 atom stereocenters. The fourth-order valence-electron chi connectivity index (χ4n) is 5.08. The third-order valence-electron chi connectivity index (χ3n) is 7.08. The Balaban J connectivity index is 1.96. The Morgan fingerprint density at radius 1 is 1.22 bits per heavy atom. The summed E-state index contributed by atoms with van der Waals surface area (Å²) in [6.45, 7) is 12.7. The molecule has 0 amide bonds. The number of rotatable bonds is 7. The van der Waals surface area contributed by atoms with Gasteiger partial charge in [0.25, 0.3) is 0 Å². The number of aryl methyl sites for hydroxylation is 1. The number of ether oxygens (including phenoxy) is 1. The van der Waals surface area contributed by atoms with E-state index in [1.165, 1.54) is 24.6 Å². The molecule has 0 spiro atoms. The maximum atomic E-state index is 13.3. The minimum absolute atomic E-state index is 0.0182. The van der Waals surface area contributed by atoms with Crippen molar-refractivity contribution in [2.24, 2.45) is 11.8 Å². The number of hydrogen-bond donors (Lipinski definition) is 2. The van der Waals surface area contributed by atoms with Gasteiger partial charge in [0.15, 0.2) is 0 Å². The first-order valence-electron chi connectivity index (χ1n) is 12.0. The zero-order chi connectivity index (χ0) is 23.7. The minimum Gasteiger partial charge on any atom is -0.511 e. The molecular formula is C27H40O4S. The van der Waals surface area contributed by atoms with Gasteiger partial charge < -0.3 is 14.9 Å². The summed E-state index contributed by atoms with van der Waals surface area (Å²) in [5, 5.41) is 20.9. The summed E-state index contributed by atoms with van der Waals surface area (Å²) >= 11 is 1.31. The van der Waals surface area contributed by atoms with Gasteiger partial charge in [-0.1, -0.05) is 65.3 Å². The van der Waals surface area contributed by atoms with Crippen LogP contribution in [0.3, 0.4) is 0 Å². The number of hydrogen-bond acceptors (Lipinski definition) is 5. The molecule has 1 unspecified atom stereocenters. The highest BCUT2D eigenvalue weighted by atomic mass is 32.2. The number of aliphatic hydroxyl groups excluding tert-OH is 2. The Kier molecular flexibility index (Phi) is 7.71. The Morgan fingerprint density at radius 3 is 2.41 bits per heavy atom. The van der Waals surface area contributed by atoms with Crippen LogP contribution in [0.4, 0.5) is 0 Å². The second-order valence-electron chi connectivity index (χ2n) is 11.1. The molecule has 5 heteroatoms. The van der Waals surface area contributed by atoms with Gasteiger partial charge in [-0.3, -0.25) is 0 Å². The van der Waals surface area contributed by atoms with Gasteiger partial charge in [-0.05, 0) is 72.6 Å². The smallest absolute Gasteiger partial charge is 0.349 e. The van der Waals surface area contributed by atoms with E-state index in [9.17, 15) is 15.0 Å². The average Bonchev–Trinajstić information content (AvgIpc) is 3.24. The molecule has 2 aliphatic rings. The van der Waals surface area contributed by atoms with E-state index < -0.39 is 11.6 Å². The predicted octanol–water partition coefficient (Wildman–Crippen LogP) is 6.96. The molecule has 178 valence electrons. The first-order valence-corrected chi connectivity index (χ1v) is 12.9. The van der Waals surface area contributed by atoms with E-state index in [0.29, 0.717) is 23.2 Å². The topological polar surface area (TPSA) is 66.8 Å². The molecular weight excluding hydrogens is 420 g/mol. The monoisotopic (exact) mass is 460 g/mol. The highest BCUT2D eigenvalue weighted by molar-refractivity contribution is 8.04. The lowest BCUT2D eigenvalue weighted by atomic mass is 9.77. The molecule has 32 heavy (non-hydrogen) atoms. The van der Waals surface area contributed by atoms with Gasteiger partial charge in [-0.2, -0.15) is 0 Å². The van der Waals surface area contributed by atoms with Crippen LogP contribution in [-0.4, -0.2) is 21.8 Å². The van der Waals surface area contributed by atoms with Crippen LogP contribution in [0.1, 0.15) is 96.3 Å². The largest absolute Gasteiger partial charge is 0.511 e. The zero-order valence-electron chi connectivity index (χ0n) is 20.6. The number of aliphatic hydroxyl groups is 2. The van der Waals surface area contributed by atoms with Crippen molar-refractivity contribution in [3.8, 4) is 0 Å². The van der Waals surface area contributed by atoms with E-state index in [2.05, 4.69) is 34.6 Å². The van der Waals surface area contributed by atoms with Crippen LogP contribution in [0.25, 0.3) is 0 Å². The lowest BCUT2D eigenvalue weighted by Crippen LogP contribution is -2.45. The van der Waals surface area contributed by atoms with Gasteiger partial charge in [-0.25, -0.2) is 4.79 Å². The van der Waals surface area contributed by atoms with E-state index in [1.807, 2.05) is 19.1 Å². The summed E-state index contributed by atoms with van der Waals surface area (Å²) in [7, 11) is 0. The van der Waals surface area contributed by atoms with Crippen LogP contribution in [0.5, 0.6) is 0 Å². The Labute approximate surface area is 197 Å². The summed E-state index contributed by atoms with van der Waals surface area (Å²) in [4.78, 5) is 14.5. The van der Waals surface area contributed by atoms with Gasteiger partial charge >= 0.3 is 5.97 Å². The van der Waals surface area contributed by atoms with Crippen molar-refractivity contribution in [3.05, 3.63) is 39.5 Å². The summed E-state index contributed by atoms with van der Waals surface area (Å²) in [6, 6.07) is 4.04. The molecule has 1 heterocycles. The Hall–Kier alpha value is -1.46. The molecule has 4 nitrogen and oxygen atoms in total. The van der Waals surface area contributed by atoms with Crippen LogP contribution >= 0.6 is 11.8 Å².